The first-order valence-electron chi connectivity index (χ1n) is 10.5. The maximum atomic E-state index is 5.55. The van der Waals surface area contributed by atoms with Crippen LogP contribution >= 0.6 is 0 Å². The van der Waals surface area contributed by atoms with Gasteiger partial charge in [0.1, 0.15) is 0 Å². The van der Waals surface area contributed by atoms with Crippen molar-refractivity contribution >= 4 is 10.9 Å². The molecular formula is C25H31N3O2. The van der Waals surface area contributed by atoms with Crippen molar-refractivity contribution in [2.24, 2.45) is 0 Å². The summed E-state index contributed by atoms with van der Waals surface area (Å²) in [5.41, 5.74) is 5.52. The lowest BCUT2D eigenvalue weighted by Gasteiger charge is -2.25. The van der Waals surface area contributed by atoms with E-state index in [1.54, 1.807) is 14.2 Å². The molecular weight excluding hydrogens is 374 g/mol. The Hall–Kier alpha value is -2.63. The summed E-state index contributed by atoms with van der Waals surface area (Å²) in [6, 6.07) is 15.4. The van der Waals surface area contributed by atoms with Crippen molar-refractivity contribution in [3.8, 4) is 22.8 Å². The zero-order chi connectivity index (χ0) is 21.3. The molecule has 158 valence electrons. The third-order valence-electron chi connectivity index (χ3n) is 6.12. The summed E-state index contributed by atoms with van der Waals surface area (Å²) >= 11 is 0. The summed E-state index contributed by atoms with van der Waals surface area (Å²) in [6.45, 7) is 5.24. The fraction of sp³-hybridized carbons (Fsp3) is 0.400. The van der Waals surface area contributed by atoms with Crippen LogP contribution in [0.4, 0.5) is 0 Å². The monoisotopic (exact) mass is 405 g/mol. The van der Waals surface area contributed by atoms with E-state index in [1.807, 2.05) is 12.1 Å². The van der Waals surface area contributed by atoms with Crippen LogP contribution in [0.2, 0.25) is 0 Å². The molecule has 30 heavy (non-hydrogen) atoms. The van der Waals surface area contributed by atoms with Gasteiger partial charge in [-0.3, -0.25) is 4.90 Å². The van der Waals surface area contributed by atoms with Crippen molar-refractivity contribution in [3.63, 3.8) is 0 Å². The highest BCUT2D eigenvalue weighted by molar-refractivity contribution is 5.84. The highest BCUT2D eigenvalue weighted by Crippen LogP contribution is 2.34. The third-order valence-corrected chi connectivity index (χ3v) is 6.12. The number of hydrogen-bond donors (Lipinski definition) is 0. The van der Waals surface area contributed by atoms with Crippen LogP contribution in [-0.2, 0) is 6.54 Å². The second kappa shape index (κ2) is 8.62. The lowest BCUT2D eigenvalue weighted by Crippen LogP contribution is -2.33. The number of benzene rings is 2. The van der Waals surface area contributed by atoms with Crippen LogP contribution in [0.1, 0.15) is 17.5 Å². The van der Waals surface area contributed by atoms with Crippen molar-refractivity contribution < 1.29 is 9.47 Å². The molecule has 2 heterocycles. The van der Waals surface area contributed by atoms with Gasteiger partial charge in [0.05, 0.1) is 25.4 Å². The van der Waals surface area contributed by atoms with Gasteiger partial charge in [0.15, 0.2) is 11.5 Å². The minimum Gasteiger partial charge on any atom is -0.493 e. The van der Waals surface area contributed by atoms with E-state index in [0.717, 1.165) is 47.9 Å². The standard InChI is InChI=1S/C25H31N3O2/c1-17-6-7-18-13-20(15-28(3)21-10-11-27(2)16-21)25(26-22(18)12-17)19-8-9-23(29-4)24(14-19)30-5/h6-9,12-14,21H,10-11,15-16H2,1-5H3. The van der Waals surface area contributed by atoms with Gasteiger partial charge in [-0.25, -0.2) is 4.98 Å². The maximum Gasteiger partial charge on any atom is 0.161 e. The Kier molecular flexibility index (Phi) is 5.93. The number of hydrogen-bond acceptors (Lipinski definition) is 5. The minimum atomic E-state index is 0.571. The van der Waals surface area contributed by atoms with Gasteiger partial charge in [0, 0.05) is 30.1 Å². The highest BCUT2D eigenvalue weighted by atomic mass is 16.5. The molecule has 3 aromatic rings. The molecule has 1 saturated heterocycles. The molecule has 0 bridgehead atoms. The number of rotatable bonds is 6. The molecule has 0 radical (unpaired) electrons. The number of pyridine rings is 1. The molecule has 0 amide bonds. The highest BCUT2D eigenvalue weighted by Gasteiger charge is 2.24. The van der Waals surface area contributed by atoms with E-state index in [0.29, 0.717) is 6.04 Å². The van der Waals surface area contributed by atoms with Gasteiger partial charge in [-0.1, -0.05) is 12.1 Å². The Bertz CT molecular complexity index is 1050. The molecule has 1 aromatic heterocycles. The summed E-state index contributed by atoms with van der Waals surface area (Å²) in [5.74, 6) is 1.45. The first-order chi connectivity index (χ1) is 14.5. The van der Waals surface area contributed by atoms with Crippen molar-refractivity contribution in [1.29, 1.82) is 0 Å². The van der Waals surface area contributed by atoms with Crippen molar-refractivity contribution in [2.75, 3.05) is 41.4 Å². The van der Waals surface area contributed by atoms with Crippen LogP contribution in [0, 0.1) is 6.92 Å². The minimum absolute atomic E-state index is 0.571. The molecule has 2 aromatic carbocycles. The van der Waals surface area contributed by atoms with E-state index < -0.39 is 0 Å². The van der Waals surface area contributed by atoms with Gasteiger partial charge in [0.2, 0.25) is 0 Å². The Morgan fingerprint density at radius 3 is 2.57 bits per heavy atom. The molecule has 4 rings (SSSR count). The molecule has 0 N–H and O–H groups in total. The van der Waals surface area contributed by atoms with E-state index in [1.165, 1.54) is 22.9 Å². The maximum absolute atomic E-state index is 5.55. The number of nitrogens with zero attached hydrogens (tertiary/aromatic N) is 3. The first kappa shape index (κ1) is 20.6. The lowest BCUT2D eigenvalue weighted by molar-refractivity contribution is 0.234. The fourth-order valence-corrected chi connectivity index (χ4v) is 4.34. The smallest absolute Gasteiger partial charge is 0.161 e. The van der Waals surface area contributed by atoms with E-state index in [-0.39, 0.29) is 0 Å². The Morgan fingerprint density at radius 1 is 1.07 bits per heavy atom. The predicted octanol–water partition coefficient (Wildman–Crippen LogP) is 4.36. The molecule has 1 aliphatic rings. The molecule has 1 atom stereocenters. The first-order valence-corrected chi connectivity index (χ1v) is 10.5. The van der Waals surface area contributed by atoms with E-state index >= 15 is 0 Å². The van der Waals surface area contributed by atoms with Crippen molar-refractivity contribution in [2.45, 2.75) is 25.9 Å². The third kappa shape index (κ3) is 4.13. The van der Waals surface area contributed by atoms with Crippen LogP contribution < -0.4 is 9.47 Å². The number of likely N-dealkylation sites (N-methyl/N-ethyl adjacent to an activating group) is 2. The SMILES string of the molecule is COc1ccc(-c2nc3cc(C)ccc3cc2CN(C)C2CCN(C)C2)cc1OC. The van der Waals surface area contributed by atoms with Crippen LogP contribution in [-0.4, -0.2) is 62.2 Å². The summed E-state index contributed by atoms with van der Waals surface area (Å²) in [5, 5.41) is 1.18. The predicted molar refractivity (Wildman–Crippen MR) is 122 cm³/mol. The summed E-state index contributed by atoms with van der Waals surface area (Å²) in [7, 11) is 7.75. The number of likely N-dealkylation sites (tertiary alicyclic amines) is 1. The average Bonchev–Trinajstić information content (AvgIpc) is 3.19. The molecule has 1 fully saturated rings. The quantitative estimate of drug-likeness (QED) is 0.609. The second-order valence-corrected chi connectivity index (χ2v) is 8.38. The van der Waals surface area contributed by atoms with Crippen molar-refractivity contribution in [1.82, 2.24) is 14.8 Å². The van der Waals surface area contributed by atoms with Gasteiger partial charge in [-0.2, -0.15) is 0 Å². The molecule has 5 heteroatoms. The van der Waals surface area contributed by atoms with Crippen LogP contribution in [0.5, 0.6) is 11.5 Å². The largest absolute Gasteiger partial charge is 0.493 e. The number of ether oxygens (including phenoxy) is 2. The van der Waals surface area contributed by atoms with Gasteiger partial charge in [-0.05, 0) is 75.4 Å². The lowest BCUT2D eigenvalue weighted by atomic mass is 10.0. The molecule has 0 spiro atoms. The van der Waals surface area contributed by atoms with Gasteiger partial charge in [-0.15, -0.1) is 0 Å². The molecule has 5 nitrogen and oxygen atoms in total. The van der Waals surface area contributed by atoms with Crippen LogP contribution in [0.15, 0.2) is 42.5 Å². The second-order valence-electron chi connectivity index (χ2n) is 8.38. The zero-order valence-electron chi connectivity index (χ0n) is 18.6. The summed E-state index contributed by atoms with van der Waals surface area (Å²) in [4.78, 5) is 9.96. The van der Waals surface area contributed by atoms with E-state index in [9.17, 15) is 0 Å². The summed E-state index contributed by atoms with van der Waals surface area (Å²) in [6.07, 6.45) is 1.21. The number of aryl methyl sites for hydroxylation is 1. The normalized spacial score (nSPS) is 17.1. The number of fused-ring (bicyclic) bond motifs is 1. The fourth-order valence-electron chi connectivity index (χ4n) is 4.34. The van der Waals surface area contributed by atoms with Gasteiger partial charge in [0.25, 0.3) is 0 Å². The Labute approximate surface area is 179 Å². The molecule has 0 aliphatic carbocycles. The van der Waals surface area contributed by atoms with Crippen LogP contribution in [0.3, 0.4) is 0 Å². The molecule has 0 saturated carbocycles. The Balaban J connectivity index is 1.78. The molecule has 1 unspecified atom stereocenters. The number of aromatic nitrogens is 1. The topological polar surface area (TPSA) is 37.8 Å². The van der Waals surface area contributed by atoms with Gasteiger partial charge >= 0.3 is 0 Å². The Morgan fingerprint density at radius 2 is 1.87 bits per heavy atom. The summed E-state index contributed by atoms with van der Waals surface area (Å²) < 4.78 is 11.0. The number of methoxy groups -OCH3 is 2. The van der Waals surface area contributed by atoms with Crippen molar-refractivity contribution in [3.05, 3.63) is 53.6 Å². The molecule has 1 aliphatic heterocycles. The zero-order valence-corrected chi connectivity index (χ0v) is 18.6. The van der Waals surface area contributed by atoms with E-state index in [2.05, 4.69) is 61.2 Å². The van der Waals surface area contributed by atoms with E-state index in [4.69, 9.17) is 14.5 Å². The van der Waals surface area contributed by atoms with Gasteiger partial charge < -0.3 is 14.4 Å². The average molecular weight is 406 g/mol. The van der Waals surface area contributed by atoms with Crippen LogP contribution in [0.25, 0.3) is 22.2 Å².